The Hall–Kier alpha value is -2.26. The zero-order chi connectivity index (χ0) is 20.1. The molecule has 0 spiro atoms. The largest absolute Gasteiger partial charge is 0.496 e. The third-order valence-electron chi connectivity index (χ3n) is 3.84. The molecule has 1 aromatic heterocycles. The van der Waals surface area contributed by atoms with Crippen molar-refractivity contribution in [2.24, 2.45) is 0 Å². The Balaban J connectivity index is 1.83. The highest BCUT2D eigenvalue weighted by molar-refractivity contribution is 7.22. The number of nitrogens with zero attached hydrogens (tertiary/aromatic N) is 1. The van der Waals surface area contributed by atoms with E-state index >= 15 is 0 Å². The summed E-state index contributed by atoms with van der Waals surface area (Å²) in [5.74, 6) is -0.424. The molecule has 0 saturated carbocycles. The number of benzene rings is 2. The second-order valence-electron chi connectivity index (χ2n) is 5.78. The molecular weight excluding hydrogens is 407 g/mol. The SMILES string of the molecule is COCCOCc1cc(Cl)cc(C(=O)Nc2nc3ccc(F)cc3s2)c1OC. The fourth-order valence-corrected chi connectivity index (χ4v) is 3.73. The molecule has 0 saturated heterocycles. The summed E-state index contributed by atoms with van der Waals surface area (Å²) < 4.78 is 29.9. The maximum absolute atomic E-state index is 13.4. The summed E-state index contributed by atoms with van der Waals surface area (Å²) in [5, 5.41) is 3.45. The van der Waals surface area contributed by atoms with Crippen LogP contribution in [0.3, 0.4) is 0 Å². The molecule has 0 aliphatic rings. The molecule has 0 unspecified atom stereocenters. The lowest BCUT2D eigenvalue weighted by atomic mass is 10.1. The van der Waals surface area contributed by atoms with Crippen molar-refractivity contribution in [3.05, 3.63) is 52.3 Å². The van der Waals surface area contributed by atoms with Gasteiger partial charge in [0.15, 0.2) is 5.13 Å². The van der Waals surface area contributed by atoms with Crippen molar-refractivity contribution in [3.8, 4) is 5.75 Å². The first-order valence-corrected chi connectivity index (χ1v) is 9.51. The number of rotatable bonds is 8. The van der Waals surface area contributed by atoms with Crippen LogP contribution >= 0.6 is 22.9 Å². The second-order valence-corrected chi connectivity index (χ2v) is 7.24. The van der Waals surface area contributed by atoms with Crippen LogP contribution in [0.1, 0.15) is 15.9 Å². The first-order valence-electron chi connectivity index (χ1n) is 8.32. The molecule has 0 fully saturated rings. The van der Waals surface area contributed by atoms with Gasteiger partial charge in [-0.1, -0.05) is 22.9 Å². The van der Waals surface area contributed by atoms with Crippen LogP contribution in [0.15, 0.2) is 30.3 Å². The predicted molar refractivity (Wildman–Crippen MR) is 107 cm³/mol. The van der Waals surface area contributed by atoms with Crippen LogP contribution in [-0.2, 0) is 16.1 Å². The monoisotopic (exact) mass is 424 g/mol. The number of fused-ring (bicyclic) bond motifs is 1. The van der Waals surface area contributed by atoms with Gasteiger partial charge in [-0.25, -0.2) is 9.37 Å². The van der Waals surface area contributed by atoms with Crippen molar-refractivity contribution in [2.45, 2.75) is 6.61 Å². The van der Waals surface area contributed by atoms with Gasteiger partial charge in [-0.2, -0.15) is 0 Å². The van der Waals surface area contributed by atoms with E-state index in [0.29, 0.717) is 44.9 Å². The van der Waals surface area contributed by atoms with Crippen molar-refractivity contribution < 1.29 is 23.4 Å². The van der Waals surface area contributed by atoms with E-state index in [0.717, 1.165) is 0 Å². The molecule has 1 amide bonds. The highest BCUT2D eigenvalue weighted by Crippen LogP contribution is 2.31. The number of hydrogen-bond donors (Lipinski definition) is 1. The summed E-state index contributed by atoms with van der Waals surface area (Å²) in [6.07, 6.45) is 0. The summed E-state index contributed by atoms with van der Waals surface area (Å²) in [7, 11) is 3.06. The molecular formula is C19H18ClFN2O4S. The molecule has 3 aromatic rings. The van der Waals surface area contributed by atoms with Gasteiger partial charge in [0, 0.05) is 17.7 Å². The van der Waals surface area contributed by atoms with E-state index < -0.39 is 5.91 Å². The van der Waals surface area contributed by atoms with Crippen molar-refractivity contribution in [1.29, 1.82) is 0 Å². The molecule has 6 nitrogen and oxygen atoms in total. The predicted octanol–water partition coefficient (Wildman–Crippen LogP) is 4.51. The van der Waals surface area contributed by atoms with E-state index in [1.165, 1.54) is 36.6 Å². The maximum atomic E-state index is 13.4. The number of amides is 1. The van der Waals surface area contributed by atoms with Crippen molar-refractivity contribution in [1.82, 2.24) is 4.98 Å². The van der Waals surface area contributed by atoms with E-state index in [2.05, 4.69) is 10.3 Å². The molecule has 9 heteroatoms. The first-order chi connectivity index (χ1) is 13.5. The van der Waals surface area contributed by atoms with E-state index in [-0.39, 0.29) is 18.0 Å². The lowest BCUT2D eigenvalue weighted by Gasteiger charge is -2.14. The standard InChI is InChI=1S/C19H18ClFN2O4S/c1-25-5-6-27-10-11-7-12(20)8-14(17(11)26-2)18(24)23-19-22-15-4-3-13(21)9-16(15)28-19/h3-4,7-9H,5-6,10H2,1-2H3,(H,22,23,24). The Kier molecular flexibility index (Phi) is 6.79. The van der Waals surface area contributed by atoms with Gasteiger partial charge in [0.05, 0.1) is 42.7 Å². The molecule has 1 N–H and O–H groups in total. The Bertz CT molecular complexity index is 995. The zero-order valence-corrected chi connectivity index (χ0v) is 16.8. The molecule has 28 heavy (non-hydrogen) atoms. The number of hydrogen-bond acceptors (Lipinski definition) is 6. The molecule has 0 bridgehead atoms. The minimum absolute atomic E-state index is 0.216. The maximum Gasteiger partial charge on any atom is 0.261 e. The van der Waals surface area contributed by atoms with Crippen LogP contribution in [0.5, 0.6) is 5.75 Å². The highest BCUT2D eigenvalue weighted by atomic mass is 35.5. The van der Waals surface area contributed by atoms with Gasteiger partial charge in [-0.3, -0.25) is 10.1 Å². The van der Waals surface area contributed by atoms with Crippen LogP contribution in [-0.4, -0.2) is 38.3 Å². The number of carbonyl (C=O) groups excluding carboxylic acids is 1. The third-order valence-corrected chi connectivity index (χ3v) is 4.99. The Morgan fingerprint density at radius 3 is 2.82 bits per heavy atom. The summed E-state index contributed by atoms with van der Waals surface area (Å²) in [6.45, 7) is 1.07. The van der Waals surface area contributed by atoms with E-state index in [1.54, 1.807) is 19.2 Å². The van der Waals surface area contributed by atoms with E-state index in [9.17, 15) is 9.18 Å². The smallest absolute Gasteiger partial charge is 0.261 e. The average Bonchev–Trinajstić information content (AvgIpc) is 3.06. The molecule has 2 aromatic carbocycles. The van der Waals surface area contributed by atoms with Gasteiger partial charge in [-0.15, -0.1) is 0 Å². The van der Waals surface area contributed by atoms with Gasteiger partial charge < -0.3 is 14.2 Å². The fourth-order valence-electron chi connectivity index (χ4n) is 2.61. The van der Waals surface area contributed by atoms with Crippen LogP contribution in [0.25, 0.3) is 10.2 Å². The number of halogens is 2. The Morgan fingerprint density at radius 2 is 2.07 bits per heavy atom. The summed E-state index contributed by atoms with van der Waals surface area (Å²) in [5.41, 5.74) is 1.50. The molecule has 3 rings (SSSR count). The van der Waals surface area contributed by atoms with Gasteiger partial charge in [-0.05, 0) is 30.3 Å². The van der Waals surface area contributed by atoms with Gasteiger partial charge in [0.1, 0.15) is 11.6 Å². The number of thiazole rings is 1. The summed E-state index contributed by atoms with van der Waals surface area (Å²) >= 11 is 7.36. The number of ether oxygens (including phenoxy) is 3. The average molecular weight is 425 g/mol. The number of methoxy groups -OCH3 is 2. The number of carbonyl (C=O) groups is 1. The van der Waals surface area contributed by atoms with Crippen molar-refractivity contribution in [3.63, 3.8) is 0 Å². The molecule has 148 valence electrons. The minimum atomic E-state index is -0.433. The van der Waals surface area contributed by atoms with Crippen LogP contribution in [0.4, 0.5) is 9.52 Å². The summed E-state index contributed by atoms with van der Waals surface area (Å²) in [4.78, 5) is 17.1. The van der Waals surface area contributed by atoms with Crippen molar-refractivity contribution in [2.75, 3.05) is 32.8 Å². The van der Waals surface area contributed by atoms with Crippen LogP contribution < -0.4 is 10.1 Å². The van der Waals surface area contributed by atoms with Crippen molar-refractivity contribution >= 4 is 44.2 Å². The van der Waals surface area contributed by atoms with Crippen LogP contribution in [0, 0.1) is 5.82 Å². The molecule has 0 radical (unpaired) electrons. The molecule has 0 aliphatic carbocycles. The minimum Gasteiger partial charge on any atom is -0.496 e. The second kappa shape index (κ2) is 9.29. The number of aromatic nitrogens is 1. The zero-order valence-electron chi connectivity index (χ0n) is 15.3. The molecule has 1 heterocycles. The fraction of sp³-hybridized carbons (Fsp3) is 0.263. The van der Waals surface area contributed by atoms with E-state index in [4.69, 9.17) is 25.8 Å². The Labute approximate surface area is 170 Å². The number of nitrogens with one attached hydrogen (secondary N) is 1. The Morgan fingerprint density at radius 1 is 1.25 bits per heavy atom. The van der Waals surface area contributed by atoms with Gasteiger partial charge in [0.2, 0.25) is 0 Å². The quantitative estimate of drug-likeness (QED) is 0.539. The number of anilines is 1. The van der Waals surface area contributed by atoms with E-state index in [1.807, 2.05) is 0 Å². The highest BCUT2D eigenvalue weighted by Gasteiger charge is 2.19. The van der Waals surface area contributed by atoms with Gasteiger partial charge >= 0.3 is 0 Å². The van der Waals surface area contributed by atoms with Crippen LogP contribution in [0.2, 0.25) is 5.02 Å². The topological polar surface area (TPSA) is 69.7 Å². The third kappa shape index (κ3) is 4.77. The lowest BCUT2D eigenvalue weighted by Crippen LogP contribution is -2.14. The molecule has 0 aliphatic heterocycles. The molecule has 0 atom stereocenters. The summed E-state index contributed by atoms with van der Waals surface area (Å²) in [6, 6.07) is 7.46. The van der Waals surface area contributed by atoms with Gasteiger partial charge in [0.25, 0.3) is 5.91 Å². The lowest BCUT2D eigenvalue weighted by molar-refractivity contribution is 0.0607. The first kappa shape index (κ1) is 20.5. The normalized spacial score (nSPS) is 11.0.